The molecule has 3 rings (SSSR count). The SMILES string of the molecule is C/C=C\[C@H]1O[C@@](O)([C@@H](C)[C@H](O)[C@H](C)C2OC(=O)/C(OC)=C\C(C)=C/[C@@H](C)[C@@H](O)[C@@H](CC)[C@@H](O)[C@H](C)C/C(C)=C\C=C\[C@H]2OC)C[C@@H](OC(=O)/C=C/C(=O)NC2=C(O)CCC2=O)[C@@H]1C. The van der Waals surface area contributed by atoms with Gasteiger partial charge in [-0.05, 0) is 45.6 Å². The summed E-state index contributed by atoms with van der Waals surface area (Å²) in [7, 11) is 2.75. The highest BCUT2D eigenvalue weighted by molar-refractivity contribution is 6.04. The lowest BCUT2D eigenvalue weighted by molar-refractivity contribution is -0.314. The lowest BCUT2D eigenvalue weighted by Crippen LogP contribution is -2.58. The van der Waals surface area contributed by atoms with Crippen molar-refractivity contribution >= 4 is 23.6 Å². The molecule has 15 heteroatoms. The predicted molar refractivity (Wildman–Crippen MR) is 235 cm³/mol. The fraction of sp³-hybridized carbons (Fsp3) is 0.625. The molecule has 0 spiro atoms. The van der Waals surface area contributed by atoms with Crippen LogP contribution in [0.15, 0.2) is 83.0 Å². The van der Waals surface area contributed by atoms with Crippen LogP contribution in [0.2, 0.25) is 0 Å². The Labute approximate surface area is 372 Å². The van der Waals surface area contributed by atoms with E-state index in [1.165, 1.54) is 20.3 Å². The van der Waals surface area contributed by atoms with Crippen LogP contribution in [-0.4, -0.2) is 112 Å². The summed E-state index contributed by atoms with van der Waals surface area (Å²) >= 11 is 0. The number of carbonyl (C=O) groups is 4. The van der Waals surface area contributed by atoms with E-state index in [-0.39, 0.29) is 48.3 Å². The molecule has 3 aliphatic rings. The van der Waals surface area contributed by atoms with Crippen LogP contribution in [0.5, 0.6) is 0 Å². The second kappa shape index (κ2) is 24.1. The molecular formula is C48H71NO14. The molecule has 352 valence electrons. The highest BCUT2D eigenvalue weighted by Gasteiger charge is 2.52. The van der Waals surface area contributed by atoms with Crippen molar-refractivity contribution in [3.8, 4) is 0 Å². The number of ether oxygens (including phenoxy) is 5. The maximum atomic E-state index is 13.9. The molecule has 1 unspecified atom stereocenters. The maximum Gasteiger partial charge on any atom is 0.373 e. The van der Waals surface area contributed by atoms with Gasteiger partial charge in [0.15, 0.2) is 11.6 Å². The van der Waals surface area contributed by atoms with E-state index in [9.17, 15) is 44.7 Å². The summed E-state index contributed by atoms with van der Waals surface area (Å²) in [6.45, 7) is 16.1. The highest BCUT2D eigenvalue weighted by atomic mass is 16.6. The molecule has 1 fully saturated rings. The van der Waals surface area contributed by atoms with Crippen molar-refractivity contribution in [2.45, 2.75) is 143 Å². The fourth-order valence-electron chi connectivity index (χ4n) is 8.59. The van der Waals surface area contributed by atoms with Crippen molar-refractivity contribution in [2.24, 2.45) is 35.5 Å². The molecule has 1 saturated heterocycles. The Kier molecular flexibility index (Phi) is 20.2. The zero-order valence-corrected chi connectivity index (χ0v) is 38.6. The van der Waals surface area contributed by atoms with Gasteiger partial charge in [-0.25, -0.2) is 9.59 Å². The number of allylic oxidation sites excluding steroid dienone is 8. The minimum Gasteiger partial charge on any atom is -0.510 e. The summed E-state index contributed by atoms with van der Waals surface area (Å²) in [5.74, 6) is -8.99. The molecule has 1 amide bonds. The van der Waals surface area contributed by atoms with Crippen LogP contribution >= 0.6 is 0 Å². The summed E-state index contributed by atoms with van der Waals surface area (Å²) < 4.78 is 29.5. The van der Waals surface area contributed by atoms with Gasteiger partial charge in [-0.2, -0.15) is 0 Å². The lowest BCUT2D eigenvalue weighted by atomic mass is 9.77. The number of ketones is 1. The maximum absolute atomic E-state index is 13.9. The van der Waals surface area contributed by atoms with Crippen LogP contribution in [0.3, 0.4) is 0 Å². The van der Waals surface area contributed by atoms with Crippen LogP contribution in [0, 0.1) is 35.5 Å². The second-order valence-corrected chi connectivity index (χ2v) is 17.4. The number of hydrogen-bond acceptors (Lipinski definition) is 14. The molecule has 2 aliphatic heterocycles. The van der Waals surface area contributed by atoms with E-state index in [0.717, 1.165) is 17.7 Å². The predicted octanol–water partition coefficient (Wildman–Crippen LogP) is 5.36. The summed E-state index contributed by atoms with van der Waals surface area (Å²) in [5, 5.41) is 59.2. The van der Waals surface area contributed by atoms with Crippen LogP contribution in [0.25, 0.3) is 0 Å². The summed E-state index contributed by atoms with van der Waals surface area (Å²) in [4.78, 5) is 51.4. The second-order valence-electron chi connectivity index (χ2n) is 17.4. The summed E-state index contributed by atoms with van der Waals surface area (Å²) in [6, 6.07) is 0. The van der Waals surface area contributed by atoms with Gasteiger partial charge in [0.2, 0.25) is 11.7 Å². The van der Waals surface area contributed by atoms with Crippen LogP contribution in [0.4, 0.5) is 0 Å². The average Bonchev–Trinajstić information content (AvgIpc) is 3.55. The first kappa shape index (κ1) is 53.0. The minimum atomic E-state index is -2.10. The third-order valence-electron chi connectivity index (χ3n) is 12.6. The highest BCUT2D eigenvalue weighted by Crippen LogP contribution is 2.41. The molecule has 0 bridgehead atoms. The van der Waals surface area contributed by atoms with Crippen molar-refractivity contribution in [2.75, 3.05) is 14.2 Å². The number of cyclic esters (lactones) is 1. The average molecular weight is 886 g/mol. The van der Waals surface area contributed by atoms with Gasteiger partial charge < -0.3 is 54.5 Å². The minimum absolute atomic E-state index is 0.0618. The van der Waals surface area contributed by atoms with Crippen molar-refractivity contribution in [1.82, 2.24) is 5.32 Å². The smallest absolute Gasteiger partial charge is 0.373 e. The molecule has 0 aromatic rings. The zero-order chi connectivity index (χ0) is 47.3. The molecule has 63 heavy (non-hydrogen) atoms. The van der Waals surface area contributed by atoms with E-state index < -0.39 is 95.8 Å². The van der Waals surface area contributed by atoms with Gasteiger partial charge in [0.1, 0.15) is 29.8 Å². The third kappa shape index (κ3) is 14.1. The van der Waals surface area contributed by atoms with Gasteiger partial charge in [-0.1, -0.05) is 89.1 Å². The fourth-order valence-corrected chi connectivity index (χ4v) is 8.59. The Morgan fingerprint density at radius 3 is 2.33 bits per heavy atom. The molecule has 1 aliphatic carbocycles. The quantitative estimate of drug-likeness (QED) is 0.0825. The molecule has 2 heterocycles. The van der Waals surface area contributed by atoms with E-state index in [1.807, 2.05) is 33.8 Å². The van der Waals surface area contributed by atoms with Gasteiger partial charge in [0, 0.05) is 68.1 Å². The van der Waals surface area contributed by atoms with E-state index in [1.54, 1.807) is 65.0 Å². The lowest BCUT2D eigenvalue weighted by Gasteiger charge is -2.48. The van der Waals surface area contributed by atoms with Gasteiger partial charge >= 0.3 is 11.9 Å². The molecule has 0 aromatic carbocycles. The Morgan fingerprint density at radius 2 is 1.75 bits per heavy atom. The number of nitrogens with one attached hydrogen (secondary N) is 1. The molecule has 14 atom stereocenters. The van der Waals surface area contributed by atoms with Crippen molar-refractivity contribution in [1.29, 1.82) is 0 Å². The first-order chi connectivity index (χ1) is 29.6. The third-order valence-corrected chi connectivity index (χ3v) is 12.6. The summed E-state index contributed by atoms with van der Waals surface area (Å²) in [6.07, 6.45) is 7.80. The Hall–Kier alpha value is -4.38. The van der Waals surface area contributed by atoms with Crippen molar-refractivity contribution in [3.63, 3.8) is 0 Å². The van der Waals surface area contributed by atoms with Crippen LogP contribution in [0.1, 0.15) is 94.4 Å². The molecule has 0 aromatic heterocycles. The Balaban J connectivity index is 1.97. The first-order valence-corrected chi connectivity index (χ1v) is 21.9. The topological polar surface area (TPSA) is 228 Å². The van der Waals surface area contributed by atoms with Gasteiger partial charge in [0.05, 0.1) is 31.5 Å². The molecule has 15 nitrogen and oxygen atoms in total. The number of aliphatic hydroxyl groups excluding tert-OH is 4. The number of aliphatic hydroxyl groups is 5. The first-order valence-electron chi connectivity index (χ1n) is 21.9. The van der Waals surface area contributed by atoms with Crippen molar-refractivity contribution in [3.05, 3.63) is 83.0 Å². The summed E-state index contributed by atoms with van der Waals surface area (Å²) in [5.41, 5.74) is 1.32. The van der Waals surface area contributed by atoms with Crippen LogP contribution in [-0.2, 0) is 42.9 Å². The van der Waals surface area contributed by atoms with E-state index in [0.29, 0.717) is 18.4 Å². The molecule has 0 radical (unpaired) electrons. The van der Waals surface area contributed by atoms with Crippen molar-refractivity contribution < 1.29 is 68.4 Å². The molecule has 6 N–H and O–H groups in total. The number of esters is 2. The zero-order valence-electron chi connectivity index (χ0n) is 38.6. The largest absolute Gasteiger partial charge is 0.510 e. The Morgan fingerprint density at radius 1 is 1.06 bits per heavy atom. The Bertz CT molecular complexity index is 1830. The number of rotatable bonds is 12. The normalized spacial score (nSPS) is 36.4. The van der Waals surface area contributed by atoms with E-state index in [2.05, 4.69) is 5.32 Å². The van der Waals surface area contributed by atoms with Gasteiger partial charge in [0.25, 0.3) is 0 Å². The number of Topliss-reactive ketones (excluding diaryl/α,β-unsaturated/α-hetero) is 1. The van der Waals surface area contributed by atoms with Gasteiger partial charge in [-0.15, -0.1) is 0 Å². The number of hydrogen-bond donors (Lipinski definition) is 6. The van der Waals surface area contributed by atoms with E-state index in [4.69, 9.17) is 23.7 Å². The number of carbonyl (C=O) groups excluding carboxylic acids is 4. The van der Waals surface area contributed by atoms with Gasteiger partial charge in [-0.3, -0.25) is 9.59 Å². The number of amides is 1. The van der Waals surface area contributed by atoms with Crippen LogP contribution < -0.4 is 5.32 Å². The number of methoxy groups -OCH3 is 2. The standard InChI is InChI=1S/C48H71NO14/c1-12-15-36-30(7)39(61-41(53)21-20-40(52)49-42-34(50)18-19-35(42)51)25-48(58,63-36)32(9)45(56)31(8)46-37(59-10)17-14-16-26(3)22-28(5)43(54)33(13-2)44(55)29(6)23-27(4)24-38(60-11)47(57)62-46/h12,14-17,20-21,23-24,28-33,36-37,39,43-46,50,54-56,58H,13,18-19,22,25H2,1-11H3,(H,49,52)/b15-12-,17-14+,21-20+,26-16-,27-23-,38-24+/t28-,29-,30-,31+,32+,33+,36-,37-,39-,43+,44-,45-,46?,48-/m1/s1. The molecule has 0 saturated carbocycles. The molecular weight excluding hydrogens is 815 g/mol. The van der Waals surface area contributed by atoms with E-state index >= 15 is 0 Å². The monoisotopic (exact) mass is 885 g/mol.